The van der Waals surface area contributed by atoms with E-state index in [1.54, 1.807) is 24.4 Å². The number of aromatic hydroxyl groups is 1. The fourth-order valence-corrected chi connectivity index (χ4v) is 5.30. The lowest BCUT2D eigenvalue weighted by molar-refractivity contribution is 0.402. The molecule has 0 radical (unpaired) electrons. The first-order chi connectivity index (χ1) is 18.3. The topological polar surface area (TPSA) is 111 Å². The molecule has 0 fully saturated rings. The molecule has 192 valence electrons. The van der Waals surface area contributed by atoms with Gasteiger partial charge >= 0.3 is 0 Å². The molecule has 2 heterocycles. The zero-order chi connectivity index (χ0) is 26.7. The SMILES string of the molecule is CN(C)Cc1ccc(N=C(c2ccccc2)c2c(O)[nH]c3ccc(S(=O)(=O)Nc4cccnc4)cc23)cc1. The number of nitrogens with zero attached hydrogens (tertiary/aromatic N) is 3. The summed E-state index contributed by atoms with van der Waals surface area (Å²) in [5, 5.41) is 11.5. The molecule has 0 aliphatic carbocycles. The quantitative estimate of drug-likeness (QED) is 0.238. The van der Waals surface area contributed by atoms with Crippen molar-refractivity contribution >= 4 is 38.0 Å². The summed E-state index contributed by atoms with van der Waals surface area (Å²) in [4.78, 5) is 14.0. The van der Waals surface area contributed by atoms with E-state index >= 15 is 0 Å². The molecular weight excluding hydrogens is 498 g/mol. The highest BCUT2D eigenvalue weighted by atomic mass is 32.2. The average Bonchev–Trinajstić information content (AvgIpc) is 3.23. The molecule has 0 saturated heterocycles. The van der Waals surface area contributed by atoms with E-state index in [-0.39, 0.29) is 10.8 Å². The van der Waals surface area contributed by atoms with Gasteiger partial charge in [0.15, 0.2) is 5.88 Å². The maximum absolute atomic E-state index is 13.2. The van der Waals surface area contributed by atoms with Gasteiger partial charge in [0.05, 0.1) is 33.7 Å². The highest BCUT2D eigenvalue weighted by Gasteiger charge is 2.22. The lowest BCUT2D eigenvalue weighted by Crippen LogP contribution is -2.13. The summed E-state index contributed by atoms with van der Waals surface area (Å²) >= 11 is 0. The maximum Gasteiger partial charge on any atom is 0.261 e. The first-order valence-corrected chi connectivity index (χ1v) is 13.4. The van der Waals surface area contributed by atoms with Crippen molar-refractivity contribution in [2.45, 2.75) is 11.4 Å². The minimum absolute atomic E-state index is 0.0505. The number of pyridine rings is 1. The van der Waals surface area contributed by atoms with Crippen LogP contribution >= 0.6 is 0 Å². The Hall–Kier alpha value is -4.47. The number of H-pyrrole nitrogens is 1. The largest absolute Gasteiger partial charge is 0.494 e. The Morgan fingerprint density at radius 3 is 2.45 bits per heavy atom. The van der Waals surface area contributed by atoms with Gasteiger partial charge in [-0.05, 0) is 62.1 Å². The second-order valence-corrected chi connectivity index (χ2v) is 10.8. The smallest absolute Gasteiger partial charge is 0.261 e. The molecule has 2 aromatic heterocycles. The predicted molar refractivity (Wildman–Crippen MR) is 151 cm³/mol. The third-order valence-corrected chi connectivity index (χ3v) is 7.31. The Morgan fingerprint density at radius 2 is 1.76 bits per heavy atom. The van der Waals surface area contributed by atoms with Crippen molar-refractivity contribution in [2.24, 2.45) is 4.99 Å². The number of benzene rings is 3. The van der Waals surface area contributed by atoms with Gasteiger partial charge in [-0.25, -0.2) is 13.4 Å². The second kappa shape index (κ2) is 10.5. The van der Waals surface area contributed by atoms with E-state index in [1.165, 1.54) is 18.3 Å². The highest BCUT2D eigenvalue weighted by Crippen LogP contribution is 2.33. The van der Waals surface area contributed by atoms with E-state index < -0.39 is 10.0 Å². The first kappa shape index (κ1) is 25.2. The van der Waals surface area contributed by atoms with Gasteiger partial charge in [-0.15, -0.1) is 0 Å². The van der Waals surface area contributed by atoms with Gasteiger partial charge in [0.2, 0.25) is 0 Å². The van der Waals surface area contributed by atoms with Crippen LogP contribution in [0.1, 0.15) is 16.7 Å². The maximum atomic E-state index is 13.2. The number of sulfonamides is 1. The minimum atomic E-state index is -3.91. The van der Waals surface area contributed by atoms with Crippen LogP contribution in [0.2, 0.25) is 0 Å². The molecule has 0 bridgehead atoms. The van der Waals surface area contributed by atoms with Gasteiger partial charge in [0.25, 0.3) is 10.0 Å². The molecule has 9 heteroatoms. The fourth-order valence-electron chi connectivity index (χ4n) is 4.23. The van der Waals surface area contributed by atoms with Crippen molar-refractivity contribution < 1.29 is 13.5 Å². The molecule has 0 amide bonds. The number of hydrogen-bond donors (Lipinski definition) is 3. The van der Waals surface area contributed by atoms with Crippen LogP contribution in [0.4, 0.5) is 11.4 Å². The highest BCUT2D eigenvalue weighted by molar-refractivity contribution is 7.92. The molecule has 0 unspecified atom stereocenters. The van der Waals surface area contributed by atoms with Gasteiger partial charge in [-0.2, -0.15) is 0 Å². The van der Waals surface area contributed by atoms with Crippen LogP contribution in [-0.2, 0) is 16.6 Å². The van der Waals surface area contributed by atoms with Crippen molar-refractivity contribution in [3.05, 3.63) is 114 Å². The summed E-state index contributed by atoms with van der Waals surface area (Å²) < 4.78 is 28.9. The van der Waals surface area contributed by atoms with Gasteiger partial charge < -0.3 is 15.0 Å². The fraction of sp³-hybridized carbons (Fsp3) is 0.103. The lowest BCUT2D eigenvalue weighted by Gasteiger charge is -2.11. The Morgan fingerprint density at radius 1 is 1.00 bits per heavy atom. The summed E-state index contributed by atoms with van der Waals surface area (Å²) in [5.41, 5.74) is 4.52. The number of rotatable bonds is 8. The molecule has 5 aromatic rings. The van der Waals surface area contributed by atoms with Crippen molar-refractivity contribution in [1.29, 1.82) is 0 Å². The number of aliphatic imine (C=N–C) groups is 1. The van der Waals surface area contributed by atoms with Crippen LogP contribution in [0.25, 0.3) is 10.9 Å². The Balaban J connectivity index is 1.63. The summed E-state index contributed by atoms with van der Waals surface area (Å²) in [5.74, 6) is -0.0957. The summed E-state index contributed by atoms with van der Waals surface area (Å²) in [6.45, 7) is 0.809. The van der Waals surface area contributed by atoms with E-state index in [9.17, 15) is 13.5 Å². The standard InChI is InChI=1S/C29H27N5O3S/c1-34(2)19-20-10-12-22(13-11-20)31-28(21-7-4-3-5-8-21)27-25-17-24(14-15-26(25)32-29(27)35)38(36,37)33-23-9-6-16-30-18-23/h3-18,32-33,35H,19H2,1-2H3. The van der Waals surface area contributed by atoms with E-state index in [0.29, 0.717) is 33.6 Å². The van der Waals surface area contributed by atoms with Crippen LogP contribution in [0.15, 0.2) is 107 Å². The summed E-state index contributed by atoms with van der Waals surface area (Å²) in [6, 6.07) is 25.3. The zero-order valence-corrected chi connectivity index (χ0v) is 21.8. The lowest BCUT2D eigenvalue weighted by atomic mass is 10.0. The normalized spacial score (nSPS) is 12.2. The molecule has 3 N–H and O–H groups in total. The first-order valence-electron chi connectivity index (χ1n) is 12.0. The number of fused-ring (bicyclic) bond motifs is 1. The average molecular weight is 526 g/mol. The molecule has 5 rings (SSSR count). The van der Waals surface area contributed by atoms with Crippen LogP contribution < -0.4 is 4.72 Å². The third kappa shape index (κ3) is 5.44. The van der Waals surface area contributed by atoms with E-state index in [2.05, 4.69) is 19.6 Å². The number of aromatic nitrogens is 2. The number of anilines is 1. The predicted octanol–water partition coefficient (Wildman–Crippen LogP) is 5.30. The number of aromatic amines is 1. The summed E-state index contributed by atoms with van der Waals surface area (Å²) in [6.07, 6.45) is 3.01. The van der Waals surface area contributed by atoms with Crippen molar-refractivity contribution in [2.75, 3.05) is 18.8 Å². The summed E-state index contributed by atoms with van der Waals surface area (Å²) in [7, 11) is 0.122. The van der Waals surface area contributed by atoms with Crippen LogP contribution in [-0.4, -0.2) is 48.2 Å². The van der Waals surface area contributed by atoms with Crippen LogP contribution in [0, 0.1) is 0 Å². The Kier molecular flexibility index (Phi) is 6.95. The molecule has 0 aliphatic heterocycles. The van der Waals surface area contributed by atoms with Gasteiger partial charge in [0, 0.05) is 29.2 Å². The zero-order valence-electron chi connectivity index (χ0n) is 21.0. The van der Waals surface area contributed by atoms with E-state index in [1.807, 2.05) is 68.7 Å². The molecule has 0 aliphatic rings. The molecular formula is C29H27N5O3S. The van der Waals surface area contributed by atoms with E-state index in [0.717, 1.165) is 17.7 Å². The molecule has 8 nitrogen and oxygen atoms in total. The van der Waals surface area contributed by atoms with E-state index in [4.69, 9.17) is 4.99 Å². The Bertz CT molecular complexity index is 1700. The van der Waals surface area contributed by atoms with Crippen molar-refractivity contribution in [1.82, 2.24) is 14.9 Å². The third-order valence-electron chi connectivity index (χ3n) is 5.93. The molecule has 0 spiro atoms. The van der Waals surface area contributed by atoms with Crippen molar-refractivity contribution in [3.63, 3.8) is 0 Å². The Labute approximate surface area is 221 Å². The second-order valence-electron chi connectivity index (χ2n) is 9.13. The number of nitrogens with one attached hydrogen (secondary N) is 2. The van der Waals surface area contributed by atoms with Crippen LogP contribution in [0.5, 0.6) is 5.88 Å². The van der Waals surface area contributed by atoms with Gasteiger partial charge in [0.1, 0.15) is 0 Å². The van der Waals surface area contributed by atoms with Crippen molar-refractivity contribution in [3.8, 4) is 5.88 Å². The molecule has 3 aromatic carbocycles. The molecule has 38 heavy (non-hydrogen) atoms. The van der Waals surface area contributed by atoms with Gasteiger partial charge in [-0.3, -0.25) is 9.71 Å². The number of hydrogen-bond acceptors (Lipinski definition) is 6. The molecule has 0 saturated carbocycles. The minimum Gasteiger partial charge on any atom is -0.494 e. The van der Waals surface area contributed by atoms with Gasteiger partial charge in [-0.1, -0.05) is 42.5 Å². The monoisotopic (exact) mass is 525 g/mol. The van der Waals surface area contributed by atoms with Crippen LogP contribution in [0.3, 0.4) is 0 Å². The molecule has 0 atom stereocenters.